The molecule has 4 atom stereocenters. The van der Waals surface area contributed by atoms with Crippen LogP contribution in [0, 0.1) is 24.2 Å². The van der Waals surface area contributed by atoms with Crippen molar-refractivity contribution < 1.29 is 4.74 Å². The molecule has 4 heterocycles. The number of nitriles is 1. The highest BCUT2D eigenvalue weighted by Crippen LogP contribution is 2.49. The average Bonchev–Trinajstić information content (AvgIpc) is 3.54. The van der Waals surface area contributed by atoms with Crippen LogP contribution < -0.4 is 19.9 Å². The molecule has 208 valence electrons. The summed E-state index contributed by atoms with van der Waals surface area (Å²) in [4.78, 5) is 17.6. The molecule has 40 heavy (non-hydrogen) atoms. The minimum atomic E-state index is 0.149. The van der Waals surface area contributed by atoms with Crippen molar-refractivity contribution >= 4 is 22.3 Å². The summed E-state index contributed by atoms with van der Waals surface area (Å²) in [5, 5.41) is 15.5. The molecule has 3 fully saturated rings. The molecule has 1 N–H and O–H groups in total. The van der Waals surface area contributed by atoms with Crippen LogP contribution in [-0.4, -0.2) is 73.3 Å². The van der Waals surface area contributed by atoms with Gasteiger partial charge in [0.05, 0.1) is 24.2 Å². The average molecular weight is 538 g/mol. The first-order chi connectivity index (χ1) is 19.6. The van der Waals surface area contributed by atoms with Gasteiger partial charge in [0.2, 0.25) is 0 Å². The number of benzene rings is 2. The summed E-state index contributed by atoms with van der Waals surface area (Å²) >= 11 is 0. The van der Waals surface area contributed by atoms with E-state index in [4.69, 9.17) is 14.7 Å². The van der Waals surface area contributed by atoms with E-state index < -0.39 is 0 Å². The molecule has 2 aromatic carbocycles. The summed E-state index contributed by atoms with van der Waals surface area (Å²) < 4.78 is 6.39. The molecule has 0 saturated carbocycles. The third kappa shape index (κ3) is 4.55. The molecular formula is C32H39N7O. The zero-order valence-electron chi connectivity index (χ0n) is 23.6. The van der Waals surface area contributed by atoms with Gasteiger partial charge in [0.25, 0.3) is 0 Å². The number of hydrogen-bond acceptors (Lipinski definition) is 8. The minimum Gasteiger partial charge on any atom is -0.462 e. The smallest absolute Gasteiger partial charge is 0.318 e. The monoisotopic (exact) mass is 537 g/mol. The second kappa shape index (κ2) is 10.5. The van der Waals surface area contributed by atoms with Crippen molar-refractivity contribution in [2.75, 3.05) is 56.2 Å². The van der Waals surface area contributed by atoms with Crippen molar-refractivity contribution in [3.63, 3.8) is 0 Å². The van der Waals surface area contributed by atoms with Crippen LogP contribution in [0.3, 0.4) is 0 Å². The number of fused-ring (bicyclic) bond motifs is 5. The number of hydrogen-bond donors (Lipinski definition) is 1. The van der Waals surface area contributed by atoms with E-state index in [2.05, 4.69) is 76.5 Å². The number of rotatable bonds is 6. The standard InChI is InChI=1S/C32H39N7O/c1-21-6-3-7-23-8-4-10-27(29(21)23)39-18-22-16-26-30(28(39)17-22)35-32(40-20-25-9-5-14-37(25)2)36-31(26)38-15-13-34-24(19-38)11-12-33/h3-4,6-8,10,22,24-25,28,34H,5,9,11,13-20H2,1-2H3/t22-,24?,25?,28-/m1/s1. The number of nitrogens with zero attached hydrogens (tertiary/aromatic N) is 6. The molecular weight excluding hydrogens is 498 g/mol. The van der Waals surface area contributed by atoms with Crippen molar-refractivity contribution in [2.24, 2.45) is 5.92 Å². The number of likely N-dealkylation sites (tertiary alicyclic amines) is 1. The van der Waals surface area contributed by atoms with Crippen LogP contribution in [0.4, 0.5) is 11.5 Å². The van der Waals surface area contributed by atoms with Gasteiger partial charge in [0.1, 0.15) is 12.4 Å². The lowest BCUT2D eigenvalue weighted by Crippen LogP contribution is -2.51. The van der Waals surface area contributed by atoms with Crippen LogP contribution in [0.1, 0.15) is 48.5 Å². The highest BCUT2D eigenvalue weighted by Gasteiger charge is 2.43. The lowest BCUT2D eigenvalue weighted by atomic mass is 9.87. The molecule has 0 amide bonds. The van der Waals surface area contributed by atoms with Gasteiger partial charge in [-0.2, -0.15) is 15.2 Å². The Bertz CT molecular complexity index is 1450. The van der Waals surface area contributed by atoms with Gasteiger partial charge in [0.15, 0.2) is 0 Å². The fourth-order valence-electron chi connectivity index (χ4n) is 7.52. The van der Waals surface area contributed by atoms with Crippen LogP contribution in [0.2, 0.25) is 0 Å². The van der Waals surface area contributed by atoms with Crippen molar-refractivity contribution in [1.29, 1.82) is 5.26 Å². The number of aryl methyl sites for hydroxylation is 1. The van der Waals surface area contributed by atoms with Crippen molar-refractivity contribution in [3.05, 3.63) is 53.2 Å². The Hall–Kier alpha value is -3.41. The predicted octanol–water partition coefficient (Wildman–Crippen LogP) is 4.23. The van der Waals surface area contributed by atoms with Gasteiger partial charge in [-0.15, -0.1) is 0 Å². The van der Waals surface area contributed by atoms with Gasteiger partial charge >= 0.3 is 6.01 Å². The topological polar surface area (TPSA) is 80.6 Å². The van der Waals surface area contributed by atoms with Crippen LogP contribution in [0.15, 0.2) is 36.4 Å². The first kappa shape index (κ1) is 25.6. The summed E-state index contributed by atoms with van der Waals surface area (Å²) in [6.07, 6.45) is 4.96. The maximum absolute atomic E-state index is 9.35. The van der Waals surface area contributed by atoms with Gasteiger partial charge in [-0.1, -0.05) is 30.3 Å². The summed E-state index contributed by atoms with van der Waals surface area (Å²) in [5.41, 5.74) is 5.03. The Morgan fingerprint density at radius 1 is 1.12 bits per heavy atom. The highest BCUT2D eigenvalue weighted by atomic mass is 16.5. The molecule has 8 nitrogen and oxygen atoms in total. The second-order valence-electron chi connectivity index (χ2n) is 12.2. The van der Waals surface area contributed by atoms with Crippen molar-refractivity contribution in [1.82, 2.24) is 20.2 Å². The molecule has 2 bridgehead atoms. The van der Waals surface area contributed by atoms with E-state index in [0.717, 1.165) is 63.5 Å². The van der Waals surface area contributed by atoms with Gasteiger partial charge in [-0.05, 0) is 69.1 Å². The van der Waals surface area contributed by atoms with E-state index in [1.165, 1.54) is 34.0 Å². The van der Waals surface area contributed by atoms with Gasteiger partial charge < -0.3 is 24.8 Å². The molecule has 3 aromatic rings. The zero-order chi connectivity index (χ0) is 27.2. The maximum Gasteiger partial charge on any atom is 0.318 e. The Labute approximate surface area is 236 Å². The van der Waals surface area contributed by atoms with Crippen LogP contribution in [-0.2, 0) is 6.42 Å². The lowest BCUT2D eigenvalue weighted by molar-refractivity contribution is 0.187. The number of nitrogens with one attached hydrogen (secondary N) is 1. The molecule has 7 rings (SSSR count). The van der Waals surface area contributed by atoms with E-state index in [9.17, 15) is 5.26 Å². The second-order valence-corrected chi connectivity index (χ2v) is 12.2. The SMILES string of the molecule is Cc1cccc2cccc(N3C[C@@H]4Cc5c(nc(OCC6CCCN6C)nc5N5CCNC(CC#N)C5)[C@H]3C4)c12. The quantitative estimate of drug-likeness (QED) is 0.501. The third-order valence-electron chi connectivity index (χ3n) is 9.56. The Balaban J connectivity index is 1.28. The van der Waals surface area contributed by atoms with Crippen molar-refractivity contribution in [3.8, 4) is 12.1 Å². The summed E-state index contributed by atoms with van der Waals surface area (Å²) in [6.45, 7) is 7.48. The highest BCUT2D eigenvalue weighted by molar-refractivity contribution is 5.97. The van der Waals surface area contributed by atoms with E-state index in [0.29, 0.717) is 31.0 Å². The summed E-state index contributed by atoms with van der Waals surface area (Å²) in [7, 11) is 2.18. The predicted molar refractivity (Wildman–Crippen MR) is 158 cm³/mol. The first-order valence-corrected chi connectivity index (χ1v) is 14.9. The Kier molecular flexibility index (Phi) is 6.73. The molecule has 1 aromatic heterocycles. The summed E-state index contributed by atoms with van der Waals surface area (Å²) in [6, 6.07) is 16.9. The minimum absolute atomic E-state index is 0.149. The molecule has 3 saturated heterocycles. The molecule has 2 unspecified atom stereocenters. The number of ether oxygens (including phenoxy) is 1. The van der Waals surface area contributed by atoms with E-state index in [1.54, 1.807) is 0 Å². The van der Waals surface area contributed by atoms with E-state index in [1.807, 2.05) is 0 Å². The van der Waals surface area contributed by atoms with Gasteiger partial charge in [0, 0.05) is 54.9 Å². The molecule has 4 aliphatic rings. The third-order valence-corrected chi connectivity index (χ3v) is 9.56. The Morgan fingerprint density at radius 3 is 2.83 bits per heavy atom. The maximum atomic E-state index is 9.35. The van der Waals surface area contributed by atoms with E-state index >= 15 is 0 Å². The number of piperazine rings is 1. The normalized spacial score (nSPS) is 26.2. The number of aromatic nitrogens is 2. The van der Waals surface area contributed by atoms with Crippen LogP contribution in [0.5, 0.6) is 6.01 Å². The zero-order valence-corrected chi connectivity index (χ0v) is 23.6. The first-order valence-electron chi connectivity index (χ1n) is 14.9. The number of anilines is 2. The molecule has 8 heteroatoms. The molecule has 0 spiro atoms. The molecule has 1 aliphatic carbocycles. The van der Waals surface area contributed by atoms with Crippen molar-refractivity contribution in [2.45, 2.75) is 57.2 Å². The lowest BCUT2D eigenvalue weighted by Gasteiger charge is -2.36. The van der Waals surface area contributed by atoms with E-state index in [-0.39, 0.29) is 12.1 Å². The molecule has 0 radical (unpaired) electrons. The largest absolute Gasteiger partial charge is 0.462 e. The van der Waals surface area contributed by atoms with Crippen LogP contribution in [0.25, 0.3) is 10.8 Å². The van der Waals surface area contributed by atoms with Gasteiger partial charge in [-0.25, -0.2) is 0 Å². The fourth-order valence-corrected chi connectivity index (χ4v) is 7.52. The Morgan fingerprint density at radius 2 is 2.00 bits per heavy atom. The van der Waals surface area contributed by atoms with Gasteiger partial charge in [-0.3, -0.25) is 0 Å². The summed E-state index contributed by atoms with van der Waals surface area (Å²) in [5.74, 6) is 1.59. The number of likely N-dealkylation sites (N-methyl/N-ethyl adjacent to an activating group) is 1. The molecule has 3 aliphatic heterocycles. The fraction of sp³-hybridized carbons (Fsp3) is 0.531. The van der Waals surface area contributed by atoms with Crippen LogP contribution >= 0.6 is 0 Å².